The molecule has 0 atom stereocenters. The van der Waals surface area contributed by atoms with Crippen molar-refractivity contribution < 1.29 is 28.7 Å². The molecule has 212 valence electrons. The molecule has 0 saturated heterocycles. The van der Waals surface area contributed by atoms with E-state index in [9.17, 15) is 19.2 Å². The van der Waals surface area contributed by atoms with E-state index in [0.717, 1.165) is 0 Å². The van der Waals surface area contributed by atoms with Gasteiger partial charge in [-0.05, 0) is 85.3 Å². The van der Waals surface area contributed by atoms with Crippen LogP contribution in [-0.2, 0) is 9.59 Å². The van der Waals surface area contributed by atoms with Crippen LogP contribution < -0.4 is 25.5 Å². The van der Waals surface area contributed by atoms with Crippen molar-refractivity contribution in [3.63, 3.8) is 0 Å². The summed E-state index contributed by atoms with van der Waals surface area (Å²) >= 11 is 6.02. The van der Waals surface area contributed by atoms with Gasteiger partial charge in [0.25, 0.3) is 5.91 Å². The van der Waals surface area contributed by atoms with Gasteiger partial charge in [0, 0.05) is 5.69 Å². The van der Waals surface area contributed by atoms with Crippen LogP contribution in [0.1, 0.15) is 33.2 Å². The Hall–Kier alpha value is -5.48. The molecule has 0 heterocycles. The molecule has 4 rings (SSSR count). The molecule has 0 aliphatic heterocycles. The van der Waals surface area contributed by atoms with E-state index in [2.05, 4.69) is 21.2 Å². The van der Waals surface area contributed by atoms with Gasteiger partial charge in [0.15, 0.2) is 0 Å². The summed E-state index contributed by atoms with van der Waals surface area (Å²) in [5.74, 6) is -2.19. The predicted molar refractivity (Wildman–Crippen MR) is 159 cm³/mol. The minimum absolute atomic E-state index is 0.145. The average Bonchev–Trinajstić information content (AvgIpc) is 2.99. The molecule has 0 aliphatic carbocycles. The lowest BCUT2D eigenvalue weighted by atomic mass is 10.1. The first kappa shape index (κ1) is 29.5. The highest BCUT2D eigenvalue weighted by Gasteiger charge is 2.18. The third-order valence-corrected chi connectivity index (χ3v) is 5.94. The molecule has 0 unspecified atom stereocenters. The second kappa shape index (κ2) is 14.2. The third kappa shape index (κ3) is 8.03. The van der Waals surface area contributed by atoms with Crippen LogP contribution in [0.25, 0.3) is 0 Å². The Bertz CT molecular complexity index is 1620. The zero-order valence-electron chi connectivity index (χ0n) is 22.3. The fourth-order valence-corrected chi connectivity index (χ4v) is 3.81. The van der Waals surface area contributed by atoms with Gasteiger partial charge in [-0.1, -0.05) is 35.9 Å². The number of carbonyl (C=O) groups is 4. The van der Waals surface area contributed by atoms with Gasteiger partial charge in [-0.2, -0.15) is 5.10 Å². The Morgan fingerprint density at radius 3 is 2.10 bits per heavy atom. The zero-order chi connectivity index (χ0) is 29.9. The monoisotopic (exact) mass is 584 g/mol. The van der Waals surface area contributed by atoms with E-state index in [-0.39, 0.29) is 27.6 Å². The predicted octanol–water partition coefficient (Wildman–Crippen LogP) is 5.30. The lowest BCUT2D eigenvalue weighted by Gasteiger charge is -2.11. The minimum Gasteiger partial charge on any atom is -0.494 e. The molecule has 0 spiro atoms. The smallest absolute Gasteiger partial charge is 0.345 e. The van der Waals surface area contributed by atoms with Crippen molar-refractivity contribution in [2.75, 3.05) is 17.2 Å². The summed E-state index contributed by atoms with van der Waals surface area (Å²) < 4.78 is 10.7. The van der Waals surface area contributed by atoms with Crippen molar-refractivity contribution in [1.29, 1.82) is 0 Å². The number of rotatable bonds is 9. The lowest BCUT2D eigenvalue weighted by molar-refractivity contribution is -0.136. The standard InChI is InChI=1S/C31H25ClN4O6/c1-2-41-22-17-13-21(14-18-22)34-28(37)25-8-4-6-10-27(25)35-29(38)30(39)36-33-19-20-11-15-23(16-12-20)42-31(40)24-7-3-5-9-26(24)32/h3-19H,2H2,1H3,(H,34,37)(H,35,38)(H,36,39)/b33-19-. The highest BCUT2D eigenvalue weighted by atomic mass is 35.5. The second-order valence-corrected chi connectivity index (χ2v) is 8.96. The van der Waals surface area contributed by atoms with Crippen molar-refractivity contribution in [3.05, 3.63) is 119 Å². The van der Waals surface area contributed by atoms with Gasteiger partial charge in [-0.25, -0.2) is 10.2 Å². The maximum Gasteiger partial charge on any atom is 0.345 e. The van der Waals surface area contributed by atoms with E-state index >= 15 is 0 Å². The zero-order valence-corrected chi connectivity index (χ0v) is 23.1. The number of carbonyl (C=O) groups excluding carboxylic acids is 4. The summed E-state index contributed by atoms with van der Waals surface area (Å²) in [4.78, 5) is 49.9. The number of amides is 3. The fourth-order valence-electron chi connectivity index (χ4n) is 3.60. The average molecular weight is 585 g/mol. The topological polar surface area (TPSA) is 135 Å². The fraction of sp³-hybridized carbons (Fsp3) is 0.0645. The number of benzene rings is 4. The number of para-hydroxylation sites is 1. The molecule has 4 aromatic carbocycles. The first-order valence-electron chi connectivity index (χ1n) is 12.7. The Balaban J connectivity index is 1.30. The van der Waals surface area contributed by atoms with Crippen LogP contribution in [0.2, 0.25) is 5.02 Å². The highest BCUT2D eigenvalue weighted by molar-refractivity contribution is 6.40. The van der Waals surface area contributed by atoms with Crippen LogP contribution in [-0.4, -0.2) is 36.5 Å². The largest absolute Gasteiger partial charge is 0.494 e. The molecule has 0 fully saturated rings. The van der Waals surface area contributed by atoms with Crippen molar-refractivity contribution in [3.8, 4) is 11.5 Å². The van der Waals surface area contributed by atoms with E-state index in [1.165, 1.54) is 18.3 Å². The number of nitrogens with one attached hydrogen (secondary N) is 3. The molecule has 0 radical (unpaired) electrons. The first-order valence-corrected chi connectivity index (χ1v) is 13.1. The number of hydrogen-bond donors (Lipinski definition) is 3. The number of esters is 1. The molecular formula is C31H25ClN4O6. The third-order valence-electron chi connectivity index (χ3n) is 5.61. The van der Waals surface area contributed by atoms with E-state index < -0.39 is 23.7 Å². The van der Waals surface area contributed by atoms with Crippen molar-refractivity contribution in [1.82, 2.24) is 5.43 Å². The highest BCUT2D eigenvalue weighted by Crippen LogP contribution is 2.21. The Morgan fingerprint density at radius 2 is 1.40 bits per heavy atom. The van der Waals surface area contributed by atoms with Crippen LogP contribution in [0.5, 0.6) is 11.5 Å². The maximum atomic E-state index is 12.8. The SMILES string of the molecule is CCOc1ccc(NC(=O)c2ccccc2NC(=O)C(=O)N/N=C\c2ccc(OC(=O)c3ccccc3Cl)cc2)cc1. The lowest BCUT2D eigenvalue weighted by Crippen LogP contribution is -2.33. The molecule has 10 nitrogen and oxygen atoms in total. The molecule has 0 aromatic heterocycles. The summed E-state index contributed by atoms with van der Waals surface area (Å²) in [6, 6.07) is 25.9. The van der Waals surface area contributed by atoms with Crippen molar-refractivity contribution in [2.24, 2.45) is 5.10 Å². The van der Waals surface area contributed by atoms with E-state index in [1.54, 1.807) is 84.9 Å². The van der Waals surface area contributed by atoms with Gasteiger partial charge in [-0.3, -0.25) is 14.4 Å². The summed E-state index contributed by atoms with van der Waals surface area (Å²) in [6.07, 6.45) is 1.31. The summed E-state index contributed by atoms with van der Waals surface area (Å²) in [5.41, 5.74) is 3.77. The van der Waals surface area contributed by atoms with Crippen LogP contribution in [0.3, 0.4) is 0 Å². The van der Waals surface area contributed by atoms with E-state index in [1.807, 2.05) is 6.92 Å². The molecule has 0 bridgehead atoms. The van der Waals surface area contributed by atoms with Crippen LogP contribution in [0.4, 0.5) is 11.4 Å². The Kier molecular flexibility index (Phi) is 10.0. The number of hydrogen-bond acceptors (Lipinski definition) is 7. The van der Waals surface area contributed by atoms with Gasteiger partial charge >= 0.3 is 17.8 Å². The molecule has 4 aromatic rings. The Morgan fingerprint density at radius 1 is 0.762 bits per heavy atom. The Labute approximate surface area is 246 Å². The number of nitrogens with zero attached hydrogens (tertiary/aromatic N) is 1. The number of anilines is 2. The molecule has 42 heavy (non-hydrogen) atoms. The van der Waals surface area contributed by atoms with Gasteiger partial charge in [0.2, 0.25) is 0 Å². The van der Waals surface area contributed by atoms with Crippen LogP contribution in [0, 0.1) is 0 Å². The summed E-state index contributed by atoms with van der Waals surface area (Å²) in [5, 5.41) is 9.24. The molecule has 0 aliphatic rings. The normalized spacial score (nSPS) is 10.5. The van der Waals surface area contributed by atoms with E-state index in [0.29, 0.717) is 23.6 Å². The van der Waals surface area contributed by atoms with Gasteiger partial charge in [0.1, 0.15) is 11.5 Å². The number of ether oxygens (including phenoxy) is 2. The van der Waals surface area contributed by atoms with Crippen LogP contribution >= 0.6 is 11.6 Å². The van der Waals surface area contributed by atoms with Gasteiger partial charge in [-0.15, -0.1) is 0 Å². The first-order chi connectivity index (χ1) is 20.3. The molecule has 3 amide bonds. The molecule has 11 heteroatoms. The molecular weight excluding hydrogens is 560 g/mol. The summed E-state index contributed by atoms with van der Waals surface area (Å²) in [7, 11) is 0. The number of halogens is 1. The molecule has 0 saturated carbocycles. The summed E-state index contributed by atoms with van der Waals surface area (Å²) in [6.45, 7) is 2.40. The maximum absolute atomic E-state index is 12.8. The van der Waals surface area contributed by atoms with Gasteiger partial charge in [0.05, 0.1) is 34.7 Å². The second-order valence-electron chi connectivity index (χ2n) is 8.55. The quantitative estimate of drug-likeness (QED) is 0.0803. The van der Waals surface area contributed by atoms with Gasteiger partial charge < -0.3 is 20.1 Å². The molecule has 3 N–H and O–H groups in total. The number of hydrazone groups is 1. The van der Waals surface area contributed by atoms with Crippen molar-refractivity contribution >= 4 is 52.9 Å². The van der Waals surface area contributed by atoms with Crippen LogP contribution in [0.15, 0.2) is 102 Å². The van der Waals surface area contributed by atoms with Crippen molar-refractivity contribution in [2.45, 2.75) is 6.92 Å². The van der Waals surface area contributed by atoms with E-state index in [4.69, 9.17) is 21.1 Å². The minimum atomic E-state index is -1.04.